The van der Waals surface area contributed by atoms with Crippen molar-refractivity contribution in [2.45, 2.75) is 51.0 Å². The smallest absolute Gasteiger partial charge is 0.319 e. The third-order valence-electron chi connectivity index (χ3n) is 7.67. The molecule has 1 saturated heterocycles. The number of nitrogens with one attached hydrogen (secondary N) is 1. The van der Waals surface area contributed by atoms with E-state index in [2.05, 4.69) is 5.32 Å². The molecule has 0 aromatic heterocycles. The van der Waals surface area contributed by atoms with E-state index in [1.165, 1.54) is 26.2 Å². The number of urea groups is 1. The van der Waals surface area contributed by atoms with E-state index in [-0.39, 0.29) is 17.9 Å². The summed E-state index contributed by atoms with van der Waals surface area (Å²) in [5, 5.41) is 2.47. The highest BCUT2D eigenvalue weighted by Crippen LogP contribution is 2.60. The number of carbonyl (C=O) groups excluding carboxylic acids is 3. The molecule has 4 saturated carbocycles. The minimum absolute atomic E-state index is 0.0657. The summed E-state index contributed by atoms with van der Waals surface area (Å²) in [6.07, 6.45) is 6.09. The highest BCUT2D eigenvalue weighted by molar-refractivity contribution is 6.09. The number of hydrogen-bond donors (Lipinski definition) is 1. The lowest BCUT2D eigenvalue weighted by Gasteiger charge is -2.56. The van der Waals surface area contributed by atoms with Crippen LogP contribution >= 0.6 is 0 Å². The van der Waals surface area contributed by atoms with Crippen LogP contribution < -0.4 is 5.32 Å². The second kappa shape index (κ2) is 6.09. The summed E-state index contributed by atoms with van der Waals surface area (Å²) < 4.78 is 28.0. The molecular formula is C22H24F2N2O3. The van der Waals surface area contributed by atoms with Crippen LogP contribution in [-0.2, 0) is 15.1 Å². The molecule has 7 heteroatoms. The third kappa shape index (κ3) is 2.73. The van der Waals surface area contributed by atoms with Crippen molar-refractivity contribution in [3.05, 3.63) is 35.4 Å². The second-order valence-corrected chi connectivity index (χ2v) is 9.69. The first kappa shape index (κ1) is 18.7. The highest BCUT2D eigenvalue weighted by Gasteiger charge is 2.56. The van der Waals surface area contributed by atoms with Crippen LogP contribution in [0.5, 0.6) is 0 Å². The predicted octanol–water partition coefficient (Wildman–Crippen LogP) is 3.52. The molecule has 0 unspecified atom stereocenters. The molecule has 5 nitrogen and oxygen atoms in total. The summed E-state index contributed by atoms with van der Waals surface area (Å²) in [4.78, 5) is 39.8. The topological polar surface area (TPSA) is 66.5 Å². The molecule has 5 aliphatic rings. The van der Waals surface area contributed by atoms with Crippen molar-refractivity contribution < 1.29 is 23.2 Å². The van der Waals surface area contributed by atoms with Gasteiger partial charge in [0, 0.05) is 11.0 Å². The molecule has 3 amide bonds. The molecule has 4 aliphatic carbocycles. The number of carbonyl (C=O) groups is 3. The maximum atomic E-state index is 14.3. The van der Waals surface area contributed by atoms with Crippen molar-refractivity contribution in [1.29, 1.82) is 0 Å². The van der Waals surface area contributed by atoms with Crippen LogP contribution in [0.4, 0.5) is 13.6 Å². The van der Waals surface area contributed by atoms with E-state index in [1.54, 1.807) is 0 Å². The Balaban J connectivity index is 1.40. The van der Waals surface area contributed by atoms with Gasteiger partial charge in [0.1, 0.15) is 17.2 Å². The lowest BCUT2D eigenvalue weighted by Crippen LogP contribution is -2.53. The maximum Gasteiger partial charge on any atom is 0.325 e. The number of Topliss-reactive ketones (excluding diaryl/α,β-unsaturated/α-hetero) is 1. The van der Waals surface area contributed by atoms with Gasteiger partial charge in [0.15, 0.2) is 5.78 Å². The van der Waals surface area contributed by atoms with Gasteiger partial charge in [-0.15, -0.1) is 0 Å². The minimum Gasteiger partial charge on any atom is -0.319 e. The number of imide groups is 1. The number of benzene rings is 1. The standard InChI is InChI=1S/C22H24F2N2O3/c1-21(16-7-15(23)2-3-17(16)24)19(28)26(20(29)25-21)11-18(27)22-8-12-4-13(9-22)6-14(5-12)10-22/h2-3,7,12-14H,4-6,8-11H2,1H3,(H,25,29)/t12?,13?,14?,21-,22?/m1/s1. The average Bonchev–Trinajstić information content (AvgIpc) is 2.86. The van der Waals surface area contributed by atoms with E-state index in [1.807, 2.05) is 0 Å². The van der Waals surface area contributed by atoms with Crippen LogP contribution in [-0.4, -0.2) is 29.2 Å². The Morgan fingerprint density at radius 1 is 1.10 bits per heavy atom. The molecule has 1 N–H and O–H groups in total. The zero-order valence-corrected chi connectivity index (χ0v) is 16.3. The van der Waals surface area contributed by atoms with Gasteiger partial charge in [-0.25, -0.2) is 13.6 Å². The number of ketones is 1. The molecule has 0 radical (unpaired) electrons. The number of hydrogen-bond acceptors (Lipinski definition) is 3. The SMILES string of the molecule is C[C@]1(c2cc(F)ccc2F)NC(=O)N(CC(=O)C23CC4CC(CC(C4)C2)C3)C1=O. The first-order valence-electron chi connectivity index (χ1n) is 10.3. The molecular weight excluding hydrogens is 378 g/mol. The summed E-state index contributed by atoms with van der Waals surface area (Å²) in [6, 6.07) is 2.06. The van der Waals surface area contributed by atoms with Crippen LogP contribution in [0, 0.1) is 34.8 Å². The van der Waals surface area contributed by atoms with E-state index in [0.717, 1.165) is 42.4 Å². The summed E-state index contributed by atoms with van der Waals surface area (Å²) in [6.45, 7) is 1.05. The first-order valence-corrected chi connectivity index (χ1v) is 10.3. The molecule has 29 heavy (non-hydrogen) atoms. The lowest BCUT2D eigenvalue weighted by atomic mass is 9.48. The van der Waals surface area contributed by atoms with E-state index < -0.39 is 34.5 Å². The minimum atomic E-state index is -1.73. The Labute approximate surface area is 167 Å². The van der Waals surface area contributed by atoms with E-state index in [0.29, 0.717) is 17.8 Å². The van der Waals surface area contributed by atoms with Gasteiger partial charge in [-0.1, -0.05) is 0 Å². The number of nitrogens with zero attached hydrogens (tertiary/aromatic N) is 1. The third-order valence-corrected chi connectivity index (χ3v) is 7.67. The summed E-state index contributed by atoms with van der Waals surface area (Å²) in [5.41, 5.74) is -2.40. The van der Waals surface area contributed by atoms with E-state index in [4.69, 9.17) is 0 Å². The highest BCUT2D eigenvalue weighted by atomic mass is 19.1. The first-order chi connectivity index (χ1) is 13.7. The average molecular weight is 402 g/mol. The van der Waals surface area contributed by atoms with Crippen LogP contribution in [0.3, 0.4) is 0 Å². The molecule has 1 heterocycles. The number of halogens is 2. The predicted molar refractivity (Wildman–Crippen MR) is 99.6 cm³/mol. The molecule has 1 aromatic rings. The van der Waals surface area contributed by atoms with Gasteiger partial charge < -0.3 is 5.32 Å². The van der Waals surface area contributed by atoms with E-state index >= 15 is 0 Å². The Morgan fingerprint density at radius 3 is 2.28 bits per heavy atom. The normalized spacial score (nSPS) is 37.9. The zero-order chi connectivity index (χ0) is 20.6. The van der Waals surface area contributed by atoms with Crippen molar-refractivity contribution in [2.75, 3.05) is 6.54 Å². The van der Waals surface area contributed by atoms with Gasteiger partial charge in [-0.2, -0.15) is 0 Å². The van der Waals surface area contributed by atoms with Gasteiger partial charge in [-0.3, -0.25) is 14.5 Å². The lowest BCUT2D eigenvalue weighted by molar-refractivity contribution is -0.147. The molecule has 1 aliphatic heterocycles. The van der Waals surface area contributed by atoms with Crippen molar-refractivity contribution in [1.82, 2.24) is 10.2 Å². The van der Waals surface area contributed by atoms with Gasteiger partial charge in [-0.05, 0) is 81.4 Å². The van der Waals surface area contributed by atoms with Crippen molar-refractivity contribution in [3.63, 3.8) is 0 Å². The monoisotopic (exact) mass is 402 g/mol. The Morgan fingerprint density at radius 2 is 1.69 bits per heavy atom. The van der Waals surface area contributed by atoms with Crippen LogP contribution in [0.25, 0.3) is 0 Å². The molecule has 1 atom stereocenters. The number of rotatable bonds is 4. The van der Waals surface area contributed by atoms with Crippen LogP contribution in [0.2, 0.25) is 0 Å². The Hall–Kier alpha value is -2.31. The largest absolute Gasteiger partial charge is 0.325 e. The van der Waals surface area contributed by atoms with Crippen molar-refractivity contribution in [2.24, 2.45) is 23.2 Å². The van der Waals surface area contributed by atoms with Crippen molar-refractivity contribution in [3.8, 4) is 0 Å². The molecule has 154 valence electrons. The maximum absolute atomic E-state index is 14.3. The molecule has 4 bridgehead atoms. The Kier molecular flexibility index (Phi) is 3.93. The van der Waals surface area contributed by atoms with Gasteiger partial charge in [0.05, 0.1) is 6.54 Å². The molecule has 5 fully saturated rings. The molecule has 6 rings (SSSR count). The fourth-order valence-corrected chi connectivity index (χ4v) is 6.67. The summed E-state index contributed by atoms with van der Waals surface area (Å²) >= 11 is 0. The van der Waals surface area contributed by atoms with E-state index in [9.17, 15) is 23.2 Å². The number of amides is 3. The zero-order valence-electron chi connectivity index (χ0n) is 16.3. The molecule has 0 spiro atoms. The molecule has 1 aromatic carbocycles. The fourth-order valence-electron chi connectivity index (χ4n) is 6.67. The summed E-state index contributed by atoms with van der Waals surface area (Å²) in [5.74, 6) is -0.557. The van der Waals surface area contributed by atoms with Crippen LogP contribution in [0.1, 0.15) is 51.0 Å². The van der Waals surface area contributed by atoms with Gasteiger partial charge in [0.2, 0.25) is 0 Å². The quantitative estimate of drug-likeness (QED) is 0.784. The van der Waals surface area contributed by atoms with Gasteiger partial charge in [0.25, 0.3) is 5.91 Å². The summed E-state index contributed by atoms with van der Waals surface area (Å²) in [7, 11) is 0. The fraction of sp³-hybridized carbons (Fsp3) is 0.591. The van der Waals surface area contributed by atoms with Crippen LogP contribution in [0.15, 0.2) is 18.2 Å². The second-order valence-electron chi connectivity index (χ2n) is 9.69. The van der Waals surface area contributed by atoms with Crippen molar-refractivity contribution >= 4 is 17.7 Å². The van der Waals surface area contributed by atoms with Gasteiger partial charge >= 0.3 is 6.03 Å². The Bertz CT molecular complexity index is 895.